The third-order valence-corrected chi connectivity index (χ3v) is 3.60. The van der Waals surface area contributed by atoms with E-state index in [0.29, 0.717) is 0 Å². The molecule has 0 aromatic heterocycles. The maximum absolute atomic E-state index is 11.8. The van der Waals surface area contributed by atoms with Crippen molar-refractivity contribution < 1.29 is 9.53 Å². The molecule has 2 rings (SSSR count). The van der Waals surface area contributed by atoms with Crippen molar-refractivity contribution in [2.75, 3.05) is 26.2 Å². The molecule has 0 saturated carbocycles. The van der Waals surface area contributed by atoms with Gasteiger partial charge in [-0.2, -0.15) is 0 Å². The zero-order chi connectivity index (χ0) is 11.4. The van der Waals surface area contributed by atoms with Crippen molar-refractivity contribution in [1.29, 1.82) is 0 Å². The van der Waals surface area contributed by atoms with Crippen molar-refractivity contribution in [1.82, 2.24) is 10.6 Å². The lowest BCUT2D eigenvalue weighted by Gasteiger charge is -2.34. The second-order valence-corrected chi connectivity index (χ2v) is 5.31. The summed E-state index contributed by atoms with van der Waals surface area (Å²) in [7, 11) is 0. The minimum atomic E-state index is -0.194. The Morgan fingerprint density at radius 1 is 1.56 bits per heavy atom. The molecule has 0 aromatic rings. The summed E-state index contributed by atoms with van der Waals surface area (Å²) in [5.74, 6) is 0.0734. The number of carbonyl (C=O) groups excluding carboxylic acids is 1. The van der Waals surface area contributed by atoms with E-state index in [9.17, 15) is 4.79 Å². The van der Waals surface area contributed by atoms with Crippen LogP contribution in [0, 0.1) is 5.41 Å². The molecular weight excluding hydrogens is 204 g/mol. The molecular formula is C12H22N2O2. The summed E-state index contributed by atoms with van der Waals surface area (Å²) in [5.41, 5.74) is 0.215. The standard InChI is InChI=1S/C12H22N2O2/c1-12(5-3-6-13-8-12)9-14-11(15)10-4-2-7-16-10/h10,13H,2-9H2,1H3,(H,14,15)/t10-,12?/m0/s1. The molecule has 4 nitrogen and oxygen atoms in total. The molecule has 2 aliphatic heterocycles. The van der Waals surface area contributed by atoms with Gasteiger partial charge in [0.15, 0.2) is 0 Å². The first-order chi connectivity index (χ1) is 7.70. The highest BCUT2D eigenvalue weighted by molar-refractivity contribution is 5.80. The number of amides is 1. The summed E-state index contributed by atoms with van der Waals surface area (Å²) in [6.07, 6.45) is 4.08. The normalized spacial score (nSPS) is 34.9. The van der Waals surface area contributed by atoms with Gasteiger partial charge >= 0.3 is 0 Å². The summed E-state index contributed by atoms with van der Waals surface area (Å²) < 4.78 is 5.36. The monoisotopic (exact) mass is 226 g/mol. The Balaban J connectivity index is 1.75. The zero-order valence-corrected chi connectivity index (χ0v) is 10.1. The van der Waals surface area contributed by atoms with Crippen molar-refractivity contribution >= 4 is 5.91 Å². The third kappa shape index (κ3) is 2.95. The summed E-state index contributed by atoms with van der Waals surface area (Å²) in [6, 6.07) is 0. The van der Waals surface area contributed by atoms with Crippen molar-refractivity contribution in [2.45, 2.75) is 38.7 Å². The molecule has 2 fully saturated rings. The van der Waals surface area contributed by atoms with Crippen LogP contribution in [0.4, 0.5) is 0 Å². The molecule has 16 heavy (non-hydrogen) atoms. The molecule has 1 amide bonds. The molecule has 0 radical (unpaired) electrons. The van der Waals surface area contributed by atoms with Gasteiger partial charge < -0.3 is 15.4 Å². The van der Waals surface area contributed by atoms with E-state index in [-0.39, 0.29) is 17.4 Å². The van der Waals surface area contributed by atoms with Crippen LogP contribution in [0.1, 0.15) is 32.6 Å². The number of piperidine rings is 1. The maximum Gasteiger partial charge on any atom is 0.249 e. The molecule has 2 N–H and O–H groups in total. The maximum atomic E-state index is 11.8. The Kier molecular flexibility index (Phi) is 3.82. The Labute approximate surface area is 97.1 Å². The van der Waals surface area contributed by atoms with Crippen LogP contribution < -0.4 is 10.6 Å². The first kappa shape index (κ1) is 11.9. The Hall–Kier alpha value is -0.610. The lowest BCUT2D eigenvalue weighted by molar-refractivity contribution is -0.130. The highest BCUT2D eigenvalue weighted by atomic mass is 16.5. The summed E-state index contributed by atoms with van der Waals surface area (Å²) in [4.78, 5) is 11.8. The Morgan fingerprint density at radius 2 is 2.44 bits per heavy atom. The van der Waals surface area contributed by atoms with Gasteiger partial charge in [-0.25, -0.2) is 0 Å². The quantitative estimate of drug-likeness (QED) is 0.743. The van der Waals surface area contributed by atoms with E-state index >= 15 is 0 Å². The van der Waals surface area contributed by atoms with Crippen molar-refractivity contribution in [2.24, 2.45) is 5.41 Å². The minimum Gasteiger partial charge on any atom is -0.368 e. The Bertz CT molecular complexity index is 243. The molecule has 92 valence electrons. The molecule has 2 atom stereocenters. The van der Waals surface area contributed by atoms with E-state index < -0.39 is 0 Å². The minimum absolute atomic E-state index is 0.0734. The first-order valence-electron chi connectivity index (χ1n) is 6.30. The summed E-state index contributed by atoms with van der Waals surface area (Å²) in [6.45, 7) is 5.83. The predicted octanol–water partition coefficient (Wildman–Crippen LogP) is 0.671. The average molecular weight is 226 g/mol. The number of hydrogen-bond acceptors (Lipinski definition) is 3. The van der Waals surface area contributed by atoms with Crippen LogP contribution in [-0.2, 0) is 9.53 Å². The fourth-order valence-electron chi connectivity index (χ4n) is 2.47. The third-order valence-electron chi connectivity index (χ3n) is 3.60. The van der Waals surface area contributed by atoms with Crippen LogP contribution in [-0.4, -0.2) is 38.3 Å². The summed E-state index contributed by atoms with van der Waals surface area (Å²) >= 11 is 0. The number of ether oxygens (including phenoxy) is 1. The van der Waals surface area contributed by atoms with Gasteiger partial charge in [-0.15, -0.1) is 0 Å². The molecule has 0 spiro atoms. The number of hydrogen-bond donors (Lipinski definition) is 2. The van der Waals surface area contributed by atoms with E-state index in [1.54, 1.807) is 0 Å². The van der Waals surface area contributed by atoms with Crippen LogP contribution in [0.2, 0.25) is 0 Å². The van der Waals surface area contributed by atoms with Gasteiger partial charge in [0, 0.05) is 19.7 Å². The fraction of sp³-hybridized carbons (Fsp3) is 0.917. The smallest absolute Gasteiger partial charge is 0.249 e. The van der Waals surface area contributed by atoms with Crippen molar-refractivity contribution in [3.63, 3.8) is 0 Å². The SMILES string of the molecule is CC1(CNC(=O)[C@@H]2CCCO2)CCCNC1. The second-order valence-electron chi connectivity index (χ2n) is 5.31. The molecule has 4 heteroatoms. The van der Waals surface area contributed by atoms with E-state index in [2.05, 4.69) is 17.6 Å². The van der Waals surface area contributed by atoms with Gasteiger partial charge in [0.25, 0.3) is 0 Å². The molecule has 2 aliphatic rings. The van der Waals surface area contributed by atoms with E-state index in [0.717, 1.165) is 39.1 Å². The highest BCUT2D eigenvalue weighted by Gasteiger charge is 2.29. The lowest BCUT2D eigenvalue weighted by atomic mass is 9.83. The van der Waals surface area contributed by atoms with Crippen LogP contribution in [0.5, 0.6) is 0 Å². The molecule has 2 heterocycles. The molecule has 0 aliphatic carbocycles. The van der Waals surface area contributed by atoms with E-state index in [1.807, 2.05) is 0 Å². The highest BCUT2D eigenvalue weighted by Crippen LogP contribution is 2.24. The van der Waals surface area contributed by atoms with Gasteiger partial charge in [0.2, 0.25) is 5.91 Å². The van der Waals surface area contributed by atoms with Gasteiger partial charge in [0.1, 0.15) is 6.10 Å². The first-order valence-corrected chi connectivity index (χ1v) is 6.30. The second kappa shape index (κ2) is 5.15. The average Bonchev–Trinajstić information content (AvgIpc) is 2.80. The Morgan fingerprint density at radius 3 is 3.06 bits per heavy atom. The number of nitrogens with one attached hydrogen (secondary N) is 2. The van der Waals surface area contributed by atoms with Gasteiger partial charge in [0.05, 0.1) is 0 Å². The lowest BCUT2D eigenvalue weighted by Crippen LogP contribution is -2.47. The van der Waals surface area contributed by atoms with Crippen LogP contribution >= 0.6 is 0 Å². The van der Waals surface area contributed by atoms with E-state index in [4.69, 9.17) is 4.74 Å². The van der Waals surface area contributed by atoms with Crippen LogP contribution in [0.25, 0.3) is 0 Å². The van der Waals surface area contributed by atoms with Crippen molar-refractivity contribution in [3.8, 4) is 0 Å². The van der Waals surface area contributed by atoms with Crippen molar-refractivity contribution in [3.05, 3.63) is 0 Å². The van der Waals surface area contributed by atoms with Crippen LogP contribution in [0.15, 0.2) is 0 Å². The van der Waals surface area contributed by atoms with Gasteiger partial charge in [-0.05, 0) is 37.6 Å². The summed E-state index contributed by atoms with van der Waals surface area (Å²) in [5, 5.41) is 6.42. The topological polar surface area (TPSA) is 50.4 Å². The number of carbonyl (C=O) groups is 1. The zero-order valence-electron chi connectivity index (χ0n) is 10.1. The number of rotatable bonds is 3. The fourth-order valence-corrected chi connectivity index (χ4v) is 2.47. The molecule has 1 unspecified atom stereocenters. The molecule has 0 bridgehead atoms. The van der Waals surface area contributed by atoms with Crippen LogP contribution in [0.3, 0.4) is 0 Å². The predicted molar refractivity (Wildman–Crippen MR) is 62.2 cm³/mol. The van der Waals surface area contributed by atoms with E-state index in [1.165, 1.54) is 12.8 Å². The molecule has 2 saturated heterocycles. The largest absolute Gasteiger partial charge is 0.368 e. The van der Waals surface area contributed by atoms with Gasteiger partial charge in [-0.1, -0.05) is 6.92 Å². The van der Waals surface area contributed by atoms with Gasteiger partial charge in [-0.3, -0.25) is 4.79 Å². The molecule has 0 aromatic carbocycles.